The summed E-state index contributed by atoms with van der Waals surface area (Å²) >= 11 is 0. The maximum atomic E-state index is 11.1. The van der Waals surface area contributed by atoms with Gasteiger partial charge in [0.05, 0.1) is 0 Å². The Balaban J connectivity index is 1.62. The van der Waals surface area contributed by atoms with Crippen molar-refractivity contribution in [2.24, 2.45) is 0 Å². The number of esters is 2. The maximum absolute atomic E-state index is 11.1. The third-order valence-corrected chi connectivity index (χ3v) is 7.01. The van der Waals surface area contributed by atoms with E-state index < -0.39 is 11.9 Å². The van der Waals surface area contributed by atoms with E-state index in [0.29, 0.717) is 0 Å². The fraction of sp³-hybridized carbons (Fsp3) is 0.294. The van der Waals surface area contributed by atoms with Crippen LogP contribution in [-0.2, 0) is 29.9 Å². The lowest BCUT2D eigenvalue weighted by Crippen LogP contribution is -2.21. The van der Waals surface area contributed by atoms with Crippen molar-refractivity contribution in [3.05, 3.63) is 120 Å². The number of rotatable bonds is 14. The number of ether oxygens (including phenoxy) is 4. The molecule has 0 atom stereocenters. The van der Waals surface area contributed by atoms with Crippen molar-refractivity contribution in [2.45, 2.75) is 38.5 Å². The lowest BCUT2D eigenvalue weighted by atomic mass is 9.74. The van der Waals surface area contributed by atoms with Gasteiger partial charge in [-0.2, -0.15) is 0 Å². The minimum Gasteiger partial charge on any atom is -0.490 e. The van der Waals surface area contributed by atoms with Gasteiger partial charge in [-0.05, 0) is 46.5 Å². The zero-order valence-corrected chi connectivity index (χ0v) is 23.8. The number of carbonyl (C=O) groups is 2. The Morgan fingerprint density at radius 3 is 1.10 bits per heavy atom. The van der Waals surface area contributed by atoms with Crippen LogP contribution in [0.3, 0.4) is 0 Å². The molecule has 210 valence electrons. The first-order valence-electron chi connectivity index (χ1n) is 13.2. The average Bonchev–Trinajstić information content (AvgIpc) is 2.97. The van der Waals surface area contributed by atoms with Crippen molar-refractivity contribution in [3.8, 4) is 11.5 Å². The summed E-state index contributed by atoms with van der Waals surface area (Å²) in [6.45, 7) is 16.5. The van der Waals surface area contributed by atoms with Crippen molar-refractivity contribution in [1.82, 2.24) is 0 Å². The second-order valence-electron chi connectivity index (χ2n) is 10.3. The second kappa shape index (κ2) is 13.7. The molecule has 0 aliphatic rings. The highest BCUT2D eigenvalue weighted by atomic mass is 16.6. The van der Waals surface area contributed by atoms with Crippen LogP contribution >= 0.6 is 0 Å². The van der Waals surface area contributed by atoms with Gasteiger partial charge < -0.3 is 18.9 Å². The lowest BCUT2D eigenvalue weighted by molar-refractivity contribution is -0.139. The Kier molecular flexibility index (Phi) is 10.3. The maximum Gasteiger partial charge on any atom is 0.330 e. The molecule has 0 bridgehead atoms. The molecule has 0 aliphatic heterocycles. The van der Waals surface area contributed by atoms with Crippen LogP contribution in [0.15, 0.2) is 98.1 Å². The summed E-state index contributed by atoms with van der Waals surface area (Å²) in [5.74, 6) is 0.526. The van der Waals surface area contributed by atoms with Crippen LogP contribution in [0.2, 0.25) is 0 Å². The molecule has 0 fully saturated rings. The van der Waals surface area contributed by atoms with E-state index in [1.165, 1.54) is 22.3 Å². The zero-order valence-electron chi connectivity index (χ0n) is 23.8. The summed E-state index contributed by atoms with van der Waals surface area (Å²) in [5.41, 5.74) is 4.33. The van der Waals surface area contributed by atoms with Gasteiger partial charge in [0, 0.05) is 23.0 Å². The van der Waals surface area contributed by atoms with Crippen LogP contribution < -0.4 is 9.47 Å². The molecule has 0 saturated carbocycles. The van der Waals surface area contributed by atoms with E-state index in [0.717, 1.165) is 23.7 Å². The largest absolute Gasteiger partial charge is 0.490 e. The van der Waals surface area contributed by atoms with Crippen LogP contribution in [-0.4, -0.2) is 38.4 Å². The summed E-state index contributed by atoms with van der Waals surface area (Å²) in [7, 11) is 0. The van der Waals surface area contributed by atoms with E-state index >= 15 is 0 Å². The van der Waals surface area contributed by atoms with Crippen LogP contribution in [0.5, 0.6) is 11.5 Å². The molecule has 0 aliphatic carbocycles. The Hall–Kier alpha value is -4.32. The smallest absolute Gasteiger partial charge is 0.330 e. The molecule has 3 aromatic carbocycles. The van der Waals surface area contributed by atoms with Crippen LogP contribution in [0, 0.1) is 0 Å². The van der Waals surface area contributed by atoms with Crippen molar-refractivity contribution in [2.75, 3.05) is 26.4 Å². The van der Waals surface area contributed by atoms with E-state index in [4.69, 9.17) is 18.9 Å². The number of hydrogen-bond acceptors (Lipinski definition) is 6. The molecule has 3 aromatic rings. The second-order valence-corrected chi connectivity index (χ2v) is 10.3. The summed E-state index contributed by atoms with van der Waals surface area (Å²) in [4.78, 5) is 22.2. The van der Waals surface area contributed by atoms with E-state index in [1.54, 1.807) is 0 Å². The zero-order chi connectivity index (χ0) is 29.2. The molecule has 6 heteroatoms. The van der Waals surface area contributed by atoms with Gasteiger partial charge in [-0.3, -0.25) is 0 Å². The Morgan fingerprint density at radius 2 is 0.825 bits per heavy atom. The Labute approximate surface area is 237 Å². The van der Waals surface area contributed by atoms with Crippen molar-refractivity contribution in [3.63, 3.8) is 0 Å². The number of hydrogen-bond donors (Lipinski definition) is 0. The first-order chi connectivity index (χ1) is 19.1. The van der Waals surface area contributed by atoms with Gasteiger partial charge in [0.2, 0.25) is 0 Å². The van der Waals surface area contributed by atoms with Gasteiger partial charge in [0.1, 0.15) is 37.9 Å². The minimum atomic E-state index is -0.458. The van der Waals surface area contributed by atoms with E-state index in [9.17, 15) is 9.59 Å². The fourth-order valence-corrected chi connectivity index (χ4v) is 4.29. The van der Waals surface area contributed by atoms with Crippen molar-refractivity contribution in [1.29, 1.82) is 0 Å². The topological polar surface area (TPSA) is 71.1 Å². The molecule has 0 radical (unpaired) electrons. The molecule has 0 N–H and O–H groups in total. The van der Waals surface area contributed by atoms with Gasteiger partial charge in [-0.1, -0.05) is 89.4 Å². The highest BCUT2D eigenvalue weighted by molar-refractivity contribution is 5.81. The Morgan fingerprint density at radius 1 is 0.550 bits per heavy atom. The Bertz CT molecular complexity index is 1180. The lowest BCUT2D eigenvalue weighted by Gasteiger charge is -2.29. The molecule has 0 aromatic heterocycles. The summed E-state index contributed by atoms with van der Waals surface area (Å²) in [5, 5.41) is 0. The van der Waals surface area contributed by atoms with Gasteiger partial charge >= 0.3 is 11.9 Å². The van der Waals surface area contributed by atoms with E-state index in [1.807, 2.05) is 24.3 Å². The summed E-state index contributed by atoms with van der Waals surface area (Å²) in [6.07, 6.45) is 2.27. The summed E-state index contributed by atoms with van der Waals surface area (Å²) < 4.78 is 21.2. The third kappa shape index (κ3) is 7.85. The molecule has 6 nitrogen and oxygen atoms in total. The van der Waals surface area contributed by atoms with Gasteiger partial charge in [-0.25, -0.2) is 9.59 Å². The van der Waals surface area contributed by atoms with Crippen LogP contribution in [0.1, 0.15) is 49.9 Å². The molecule has 3 rings (SSSR count). The van der Waals surface area contributed by atoms with Gasteiger partial charge in [0.15, 0.2) is 0 Å². The molecular formula is C34H38O6. The van der Waals surface area contributed by atoms with E-state index in [-0.39, 0.29) is 37.3 Å². The quantitative estimate of drug-likeness (QED) is 0.131. The molecule has 0 unspecified atom stereocenters. The fourth-order valence-electron chi connectivity index (χ4n) is 4.29. The number of carbonyl (C=O) groups excluding carboxylic acids is 2. The molecular weight excluding hydrogens is 504 g/mol. The predicted octanol–water partition coefficient (Wildman–Crippen LogP) is 6.55. The minimum absolute atomic E-state index is 0.174. The number of benzene rings is 3. The average molecular weight is 543 g/mol. The predicted molar refractivity (Wildman–Crippen MR) is 157 cm³/mol. The first-order valence-corrected chi connectivity index (χ1v) is 13.2. The SMILES string of the molecule is C=CC(=O)OCCOc1ccc(C(C)(C)c2ccc(C(C)(C)c3ccc(OCCOC(=O)C=C)cc3)cc2)cc1. The van der Waals surface area contributed by atoms with Gasteiger partial charge in [-0.15, -0.1) is 0 Å². The highest BCUT2D eigenvalue weighted by Gasteiger charge is 2.26. The van der Waals surface area contributed by atoms with E-state index in [2.05, 4.69) is 89.4 Å². The van der Waals surface area contributed by atoms with Gasteiger partial charge in [0.25, 0.3) is 0 Å². The standard InChI is InChI=1S/C34H38O6/c1-7-31(35)39-23-21-37-29-17-13-27(14-18-29)33(3,4)25-9-11-26(12-10-25)34(5,6)28-15-19-30(20-16-28)38-22-24-40-32(36)8-2/h7-20H,1-2,21-24H2,3-6H3. The monoisotopic (exact) mass is 542 g/mol. The van der Waals surface area contributed by atoms with Crippen molar-refractivity contribution < 1.29 is 28.5 Å². The normalized spacial score (nSPS) is 11.3. The molecule has 0 spiro atoms. The molecule has 40 heavy (non-hydrogen) atoms. The van der Waals surface area contributed by atoms with Crippen LogP contribution in [0.25, 0.3) is 0 Å². The molecule has 0 saturated heterocycles. The molecule has 0 heterocycles. The first kappa shape index (κ1) is 30.2. The summed E-state index contributed by atoms with van der Waals surface area (Å²) in [6, 6.07) is 24.8. The molecule has 0 amide bonds. The highest BCUT2D eigenvalue weighted by Crippen LogP contribution is 2.36. The van der Waals surface area contributed by atoms with Crippen LogP contribution in [0.4, 0.5) is 0 Å². The third-order valence-electron chi connectivity index (χ3n) is 7.01. The van der Waals surface area contributed by atoms with Crippen molar-refractivity contribution >= 4 is 11.9 Å².